The number of anilines is 1. The van der Waals surface area contributed by atoms with Crippen molar-refractivity contribution in [2.24, 2.45) is 0 Å². The number of aromatic nitrogens is 2. The second-order valence-electron chi connectivity index (χ2n) is 3.84. The number of aliphatic hydroxyl groups excluding tert-OH is 3. The molecule has 1 saturated heterocycles. The van der Waals surface area contributed by atoms with Gasteiger partial charge in [-0.15, -0.1) is 0 Å². The number of nitrogens with zero attached hydrogens (tertiary/aromatic N) is 2. The van der Waals surface area contributed by atoms with Gasteiger partial charge in [0.15, 0.2) is 12.0 Å². The van der Waals surface area contributed by atoms with Gasteiger partial charge in [-0.05, 0) is 6.07 Å². The van der Waals surface area contributed by atoms with Crippen LogP contribution in [0.25, 0.3) is 0 Å². The summed E-state index contributed by atoms with van der Waals surface area (Å²) in [6.45, 7) is -0.479. The Hall–Kier alpha value is -1.52. The van der Waals surface area contributed by atoms with E-state index in [1.807, 2.05) is 0 Å². The van der Waals surface area contributed by atoms with Crippen LogP contribution in [0.4, 0.5) is 5.82 Å². The third-order valence-electron chi connectivity index (χ3n) is 2.74. The highest BCUT2D eigenvalue weighted by Gasteiger charge is 2.43. The van der Waals surface area contributed by atoms with Crippen molar-refractivity contribution in [3.8, 4) is 0 Å². The molecule has 2 heterocycles. The van der Waals surface area contributed by atoms with Crippen molar-refractivity contribution >= 4 is 5.82 Å². The molecule has 1 fully saturated rings. The smallest absolute Gasteiger partial charge is 0.351 e. The van der Waals surface area contributed by atoms with Crippen molar-refractivity contribution in [2.75, 3.05) is 12.1 Å². The second-order valence-corrected chi connectivity index (χ2v) is 3.84. The fourth-order valence-electron chi connectivity index (χ4n) is 1.78. The summed E-state index contributed by atoms with van der Waals surface area (Å²) in [5, 5.41) is 36.8. The molecular weight excluding hydrogens is 246 g/mol. The monoisotopic (exact) mass is 259 g/mol. The van der Waals surface area contributed by atoms with Crippen LogP contribution < -0.4 is 11.2 Å². The van der Waals surface area contributed by atoms with Gasteiger partial charge in [0, 0.05) is 6.20 Å². The maximum absolute atomic E-state index is 11.6. The molecule has 0 spiro atoms. The van der Waals surface area contributed by atoms with E-state index in [1.165, 1.54) is 12.3 Å². The molecule has 1 aromatic rings. The second kappa shape index (κ2) is 5.00. The lowest BCUT2D eigenvalue weighted by atomic mass is 10.1. The normalized spacial score (nSPS) is 31.6. The standard InChI is InChI=1S/C9H13N3O6/c13-3-4-6(14)7(15)8(18-4)12-2-1-5(11-17)10-9(12)16/h1-2,4,6-8,13-15,17H,3H2,(H,10,11,16)/t4-,6+,7?,8-/m1/s1. The van der Waals surface area contributed by atoms with Crippen LogP contribution in [0.2, 0.25) is 0 Å². The molecule has 4 atom stereocenters. The Morgan fingerprint density at radius 1 is 1.44 bits per heavy atom. The molecule has 0 saturated carbocycles. The Kier molecular flexibility index (Phi) is 3.59. The van der Waals surface area contributed by atoms with Crippen molar-refractivity contribution in [3.63, 3.8) is 0 Å². The van der Waals surface area contributed by atoms with E-state index < -0.39 is 36.8 Å². The van der Waals surface area contributed by atoms with E-state index in [0.717, 1.165) is 4.57 Å². The van der Waals surface area contributed by atoms with Gasteiger partial charge in [-0.25, -0.2) is 4.79 Å². The van der Waals surface area contributed by atoms with E-state index in [1.54, 1.807) is 5.48 Å². The zero-order chi connectivity index (χ0) is 13.3. The predicted molar refractivity (Wildman–Crippen MR) is 56.9 cm³/mol. The van der Waals surface area contributed by atoms with E-state index in [2.05, 4.69) is 4.98 Å². The van der Waals surface area contributed by atoms with E-state index in [0.29, 0.717) is 0 Å². The fraction of sp³-hybridized carbons (Fsp3) is 0.556. The van der Waals surface area contributed by atoms with Gasteiger partial charge in [0.05, 0.1) is 6.61 Å². The molecule has 2 rings (SSSR count). The summed E-state index contributed by atoms with van der Waals surface area (Å²) in [6.07, 6.45) is -3.50. The topological polar surface area (TPSA) is 137 Å². The summed E-state index contributed by atoms with van der Waals surface area (Å²) in [7, 11) is 0. The molecule has 100 valence electrons. The van der Waals surface area contributed by atoms with Crippen LogP contribution in [-0.4, -0.2) is 55.0 Å². The highest BCUT2D eigenvalue weighted by Crippen LogP contribution is 2.27. The number of rotatable bonds is 3. The van der Waals surface area contributed by atoms with Crippen molar-refractivity contribution in [3.05, 3.63) is 22.7 Å². The molecule has 0 aliphatic carbocycles. The Balaban J connectivity index is 2.30. The van der Waals surface area contributed by atoms with Crippen molar-refractivity contribution < 1.29 is 25.3 Å². The molecular formula is C9H13N3O6. The van der Waals surface area contributed by atoms with E-state index >= 15 is 0 Å². The molecule has 9 heteroatoms. The molecule has 1 aliphatic heterocycles. The Bertz CT molecular complexity index is 478. The van der Waals surface area contributed by atoms with E-state index in [-0.39, 0.29) is 5.82 Å². The van der Waals surface area contributed by atoms with Crippen LogP contribution in [0, 0.1) is 0 Å². The number of nitrogens with one attached hydrogen (secondary N) is 1. The van der Waals surface area contributed by atoms with Crippen molar-refractivity contribution in [1.82, 2.24) is 9.55 Å². The van der Waals surface area contributed by atoms with Crippen LogP contribution in [0.15, 0.2) is 17.1 Å². The van der Waals surface area contributed by atoms with Crippen LogP contribution in [0.5, 0.6) is 0 Å². The summed E-state index contributed by atoms with van der Waals surface area (Å²) >= 11 is 0. The Morgan fingerprint density at radius 3 is 2.67 bits per heavy atom. The van der Waals surface area contributed by atoms with Crippen LogP contribution >= 0.6 is 0 Å². The highest BCUT2D eigenvalue weighted by atomic mass is 16.6. The first-order valence-corrected chi connectivity index (χ1v) is 5.20. The number of aliphatic hydroxyl groups is 3. The molecule has 5 N–H and O–H groups in total. The van der Waals surface area contributed by atoms with Crippen LogP contribution in [0.3, 0.4) is 0 Å². The molecule has 1 unspecified atom stereocenters. The van der Waals surface area contributed by atoms with E-state index in [9.17, 15) is 15.0 Å². The van der Waals surface area contributed by atoms with Gasteiger partial charge >= 0.3 is 5.69 Å². The fourth-order valence-corrected chi connectivity index (χ4v) is 1.78. The zero-order valence-corrected chi connectivity index (χ0v) is 9.17. The molecule has 0 aromatic carbocycles. The SMILES string of the molecule is O=c1nc(NO)ccn1[C@@H]1O[C@H](CO)[C@H](O)C1O. The third-order valence-corrected chi connectivity index (χ3v) is 2.74. The molecule has 1 aromatic heterocycles. The molecule has 9 nitrogen and oxygen atoms in total. The molecule has 18 heavy (non-hydrogen) atoms. The predicted octanol–water partition coefficient (Wildman–Crippen LogP) is -2.34. The summed E-state index contributed by atoms with van der Waals surface area (Å²) in [6, 6.07) is 1.29. The van der Waals surface area contributed by atoms with Gasteiger partial charge < -0.3 is 20.1 Å². The average Bonchev–Trinajstić information content (AvgIpc) is 2.66. The van der Waals surface area contributed by atoms with Gasteiger partial charge in [-0.2, -0.15) is 4.98 Å². The number of ether oxygens (including phenoxy) is 1. The van der Waals surface area contributed by atoms with Gasteiger partial charge in [0.1, 0.15) is 18.3 Å². The summed E-state index contributed by atoms with van der Waals surface area (Å²) in [5.74, 6) is -0.0528. The Morgan fingerprint density at radius 2 is 2.17 bits per heavy atom. The molecule has 0 bridgehead atoms. The molecule has 1 aliphatic rings. The van der Waals surface area contributed by atoms with Gasteiger partial charge in [-0.3, -0.25) is 15.3 Å². The zero-order valence-electron chi connectivity index (χ0n) is 9.17. The lowest BCUT2D eigenvalue weighted by Crippen LogP contribution is -2.36. The summed E-state index contributed by atoms with van der Waals surface area (Å²) < 4.78 is 6.13. The lowest BCUT2D eigenvalue weighted by Gasteiger charge is -2.16. The van der Waals surface area contributed by atoms with E-state index in [4.69, 9.17) is 15.1 Å². The van der Waals surface area contributed by atoms with Gasteiger partial charge in [0.25, 0.3) is 0 Å². The lowest BCUT2D eigenvalue weighted by molar-refractivity contribution is -0.0549. The Labute approximate surface area is 101 Å². The minimum atomic E-state index is -1.35. The highest BCUT2D eigenvalue weighted by molar-refractivity contribution is 5.28. The first kappa shape index (κ1) is 12.9. The van der Waals surface area contributed by atoms with Crippen LogP contribution in [0.1, 0.15) is 6.23 Å². The molecule has 0 radical (unpaired) electrons. The summed E-state index contributed by atoms with van der Waals surface area (Å²) in [5.41, 5.74) is 0.934. The van der Waals surface area contributed by atoms with Crippen LogP contribution in [-0.2, 0) is 4.74 Å². The summed E-state index contributed by atoms with van der Waals surface area (Å²) in [4.78, 5) is 15.1. The third kappa shape index (κ3) is 2.09. The van der Waals surface area contributed by atoms with Gasteiger partial charge in [-0.1, -0.05) is 0 Å². The molecule has 0 amide bonds. The first-order valence-electron chi connectivity index (χ1n) is 5.20. The van der Waals surface area contributed by atoms with Crippen molar-refractivity contribution in [2.45, 2.75) is 24.5 Å². The largest absolute Gasteiger partial charge is 0.394 e. The average molecular weight is 259 g/mol. The first-order chi connectivity index (χ1) is 8.58. The minimum Gasteiger partial charge on any atom is -0.394 e. The number of hydrogen-bond acceptors (Lipinski definition) is 8. The minimum absolute atomic E-state index is 0.0528. The maximum atomic E-state index is 11.6. The van der Waals surface area contributed by atoms with Gasteiger partial charge in [0.2, 0.25) is 0 Å². The quantitative estimate of drug-likeness (QED) is 0.381. The van der Waals surface area contributed by atoms with Crippen molar-refractivity contribution in [1.29, 1.82) is 0 Å². The maximum Gasteiger partial charge on any atom is 0.351 e. The number of hydrogen-bond donors (Lipinski definition) is 5.